The van der Waals surface area contributed by atoms with Crippen LogP contribution in [0.25, 0.3) is 10.2 Å². The van der Waals surface area contributed by atoms with Crippen LogP contribution in [0, 0.1) is 0 Å². The fraction of sp³-hybridized carbons (Fsp3) is 0.700. The molecule has 2 aliphatic heterocycles. The van der Waals surface area contributed by atoms with Gasteiger partial charge < -0.3 is 10.0 Å². The highest BCUT2D eigenvalue weighted by atomic mass is 32.1. The average Bonchev–Trinajstić information content (AvgIpc) is 3.34. The van der Waals surface area contributed by atoms with Gasteiger partial charge in [-0.25, -0.2) is 9.97 Å². The van der Waals surface area contributed by atoms with Crippen LogP contribution in [0.2, 0.25) is 0 Å². The van der Waals surface area contributed by atoms with Gasteiger partial charge in [-0.05, 0) is 69.8 Å². The van der Waals surface area contributed by atoms with E-state index in [1.165, 1.54) is 67.4 Å². The number of aryl methyl sites for hydroxylation is 2. The fourth-order valence-corrected chi connectivity index (χ4v) is 6.62. The van der Waals surface area contributed by atoms with Gasteiger partial charge in [-0.1, -0.05) is 0 Å². The van der Waals surface area contributed by atoms with E-state index in [2.05, 4.69) is 4.90 Å². The van der Waals surface area contributed by atoms with Crippen molar-refractivity contribution in [2.75, 3.05) is 4.90 Å². The van der Waals surface area contributed by atoms with Gasteiger partial charge in [0.2, 0.25) is 0 Å². The van der Waals surface area contributed by atoms with Crippen molar-refractivity contribution in [3.05, 3.63) is 16.3 Å². The number of aromatic nitrogens is 2. The molecule has 2 unspecified atom stereocenters. The van der Waals surface area contributed by atoms with Crippen molar-refractivity contribution in [2.45, 2.75) is 88.3 Å². The number of nitrogens with zero attached hydrogens (tertiary/aromatic N) is 3. The SMILES string of the molecule is OC1CC2CCC(C1)N2c1nc(C2CC2)nc2sc3c(c12)CCCC3. The molecule has 0 spiro atoms. The molecule has 4 nitrogen and oxygen atoms in total. The lowest BCUT2D eigenvalue weighted by Crippen LogP contribution is -2.45. The van der Waals surface area contributed by atoms with Crippen LogP contribution in [0.4, 0.5) is 5.82 Å². The molecule has 4 heterocycles. The second-order valence-corrected chi connectivity index (χ2v) is 9.57. The molecule has 2 aromatic heterocycles. The van der Waals surface area contributed by atoms with Gasteiger partial charge in [0, 0.05) is 22.9 Å². The molecule has 2 saturated heterocycles. The molecule has 2 bridgehead atoms. The zero-order valence-corrected chi connectivity index (χ0v) is 15.4. The van der Waals surface area contributed by atoms with E-state index in [-0.39, 0.29) is 6.10 Å². The van der Waals surface area contributed by atoms with Crippen molar-refractivity contribution >= 4 is 27.4 Å². The Labute approximate surface area is 152 Å². The second kappa shape index (κ2) is 5.40. The van der Waals surface area contributed by atoms with Gasteiger partial charge in [0.1, 0.15) is 16.5 Å². The largest absolute Gasteiger partial charge is 0.393 e. The zero-order valence-electron chi connectivity index (χ0n) is 14.6. The van der Waals surface area contributed by atoms with Crippen LogP contribution in [-0.2, 0) is 12.8 Å². The maximum atomic E-state index is 10.2. The summed E-state index contributed by atoms with van der Waals surface area (Å²) in [5.74, 6) is 2.91. The van der Waals surface area contributed by atoms with Crippen LogP contribution in [0.5, 0.6) is 0 Å². The van der Waals surface area contributed by atoms with Gasteiger partial charge >= 0.3 is 0 Å². The van der Waals surface area contributed by atoms with E-state index >= 15 is 0 Å². The first kappa shape index (κ1) is 14.9. The molecule has 1 saturated carbocycles. The Bertz CT molecular complexity index is 829. The Hall–Kier alpha value is -1.20. The van der Waals surface area contributed by atoms with E-state index in [0.717, 1.165) is 18.7 Å². The molecule has 1 N–H and O–H groups in total. The zero-order chi connectivity index (χ0) is 16.5. The lowest BCUT2D eigenvalue weighted by Gasteiger charge is -2.38. The van der Waals surface area contributed by atoms with Crippen molar-refractivity contribution in [2.24, 2.45) is 0 Å². The number of piperidine rings is 1. The third kappa shape index (κ3) is 2.28. The molecular weight excluding hydrogens is 330 g/mol. The first-order valence-electron chi connectivity index (χ1n) is 10.1. The van der Waals surface area contributed by atoms with Crippen LogP contribution >= 0.6 is 11.3 Å². The molecule has 0 aromatic carbocycles. The summed E-state index contributed by atoms with van der Waals surface area (Å²) in [6.45, 7) is 0. The molecular formula is C20H25N3OS. The highest BCUT2D eigenvalue weighted by Crippen LogP contribution is 2.47. The summed E-state index contributed by atoms with van der Waals surface area (Å²) in [7, 11) is 0. The molecule has 0 amide bonds. The summed E-state index contributed by atoms with van der Waals surface area (Å²) in [5.41, 5.74) is 1.55. The number of thiophene rings is 1. The minimum Gasteiger partial charge on any atom is -0.393 e. The standard InChI is InChI=1S/C20H25N3OS/c24-14-9-12-7-8-13(10-14)23(12)19-17-15-3-1-2-4-16(15)25-20(17)22-18(21-19)11-5-6-11/h11-14,24H,1-10H2. The van der Waals surface area contributed by atoms with Crippen LogP contribution in [-0.4, -0.2) is 33.3 Å². The number of hydrogen-bond donors (Lipinski definition) is 1. The number of anilines is 1. The highest BCUT2D eigenvalue weighted by Gasteiger charge is 2.42. The monoisotopic (exact) mass is 355 g/mol. The van der Waals surface area contributed by atoms with Gasteiger partial charge in [0.25, 0.3) is 0 Å². The van der Waals surface area contributed by atoms with Crippen molar-refractivity contribution in [1.82, 2.24) is 9.97 Å². The third-order valence-corrected chi connectivity index (χ3v) is 7.89. The number of fused-ring (bicyclic) bond motifs is 5. The van der Waals surface area contributed by atoms with Gasteiger partial charge in [-0.3, -0.25) is 0 Å². The van der Waals surface area contributed by atoms with Gasteiger partial charge in [0.05, 0.1) is 11.5 Å². The predicted molar refractivity (Wildman–Crippen MR) is 101 cm³/mol. The lowest BCUT2D eigenvalue weighted by atomic mass is 9.95. The molecule has 5 heteroatoms. The minimum absolute atomic E-state index is 0.120. The van der Waals surface area contributed by atoms with Crippen molar-refractivity contribution in [3.8, 4) is 0 Å². The highest BCUT2D eigenvalue weighted by molar-refractivity contribution is 7.19. The smallest absolute Gasteiger partial charge is 0.141 e. The predicted octanol–water partition coefficient (Wildman–Crippen LogP) is 3.94. The second-order valence-electron chi connectivity index (χ2n) is 8.49. The third-order valence-electron chi connectivity index (χ3n) is 6.71. The van der Waals surface area contributed by atoms with E-state index in [9.17, 15) is 5.11 Å². The van der Waals surface area contributed by atoms with E-state index < -0.39 is 0 Å². The molecule has 25 heavy (non-hydrogen) atoms. The minimum atomic E-state index is -0.120. The molecule has 0 radical (unpaired) electrons. The van der Waals surface area contributed by atoms with E-state index in [1.54, 1.807) is 10.4 Å². The van der Waals surface area contributed by atoms with Crippen LogP contribution in [0.15, 0.2) is 0 Å². The quantitative estimate of drug-likeness (QED) is 0.886. The Morgan fingerprint density at radius 1 is 0.960 bits per heavy atom. The summed E-state index contributed by atoms with van der Waals surface area (Å²) < 4.78 is 0. The lowest BCUT2D eigenvalue weighted by molar-refractivity contribution is 0.126. The number of aliphatic hydroxyl groups excluding tert-OH is 1. The molecule has 4 aliphatic rings. The molecule has 2 aliphatic carbocycles. The van der Waals surface area contributed by atoms with Crippen molar-refractivity contribution in [3.63, 3.8) is 0 Å². The first-order chi connectivity index (χ1) is 12.3. The number of aliphatic hydroxyl groups is 1. The maximum Gasteiger partial charge on any atom is 0.141 e. The molecule has 6 rings (SSSR count). The van der Waals surface area contributed by atoms with Crippen molar-refractivity contribution < 1.29 is 5.11 Å². The molecule has 132 valence electrons. The molecule has 2 atom stereocenters. The fourth-order valence-electron chi connectivity index (χ4n) is 5.36. The normalized spacial score (nSPS) is 31.6. The molecule has 2 aromatic rings. The number of rotatable bonds is 2. The maximum absolute atomic E-state index is 10.2. The van der Waals surface area contributed by atoms with Gasteiger partial charge in [0.15, 0.2) is 0 Å². The average molecular weight is 356 g/mol. The summed E-state index contributed by atoms with van der Waals surface area (Å²) in [4.78, 5) is 15.6. The van der Waals surface area contributed by atoms with Gasteiger partial charge in [-0.2, -0.15) is 0 Å². The Morgan fingerprint density at radius 3 is 2.48 bits per heavy atom. The topological polar surface area (TPSA) is 49.2 Å². The van der Waals surface area contributed by atoms with Crippen LogP contribution in [0.1, 0.15) is 73.5 Å². The first-order valence-corrected chi connectivity index (χ1v) is 10.9. The van der Waals surface area contributed by atoms with E-state index in [1.807, 2.05) is 11.3 Å². The number of hydrogen-bond acceptors (Lipinski definition) is 5. The Kier molecular flexibility index (Phi) is 3.22. The summed E-state index contributed by atoms with van der Waals surface area (Å²) in [6.07, 6.45) is 11.7. The van der Waals surface area contributed by atoms with E-state index in [4.69, 9.17) is 9.97 Å². The Morgan fingerprint density at radius 2 is 1.72 bits per heavy atom. The van der Waals surface area contributed by atoms with Gasteiger partial charge in [-0.15, -0.1) is 11.3 Å². The van der Waals surface area contributed by atoms with Crippen LogP contribution in [0.3, 0.4) is 0 Å². The van der Waals surface area contributed by atoms with Crippen LogP contribution < -0.4 is 4.90 Å². The summed E-state index contributed by atoms with van der Waals surface area (Å²) in [6, 6.07) is 0.941. The summed E-state index contributed by atoms with van der Waals surface area (Å²) >= 11 is 1.93. The van der Waals surface area contributed by atoms with Crippen molar-refractivity contribution in [1.29, 1.82) is 0 Å². The summed E-state index contributed by atoms with van der Waals surface area (Å²) in [5, 5.41) is 11.6. The Balaban J connectivity index is 1.56. The van der Waals surface area contributed by atoms with E-state index in [0.29, 0.717) is 18.0 Å². The molecule has 3 fully saturated rings.